The summed E-state index contributed by atoms with van der Waals surface area (Å²) in [6.07, 6.45) is 0. The Morgan fingerprint density at radius 2 is 1.88 bits per heavy atom. The van der Waals surface area contributed by atoms with Crippen molar-refractivity contribution in [3.8, 4) is 17.6 Å². The van der Waals surface area contributed by atoms with Crippen LogP contribution in [-0.4, -0.2) is 9.67 Å². The summed E-state index contributed by atoms with van der Waals surface area (Å²) in [5.41, 5.74) is 7.23. The highest BCUT2D eigenvalue weighted by molar-refractivity contribution is 5.88. The molecule has 3 N–H and O–H groups in total. The molecule has 1 atom stereocenters. The molecule has 128 valence electrons. The number of fused-ring (bicyclic) bond motifs is 3. The lowest BCUT2D eigenvalue weighted by Crippen LogP contribution is -2.31. The van der Waals surface area contributed by atoms with E-state index in [0.717, 1.165) is 0 Å². The summed E-state index contributed by atoms with van der Waals surface area (Å²) in [6, 6.07) is 16.0. The van der Waals surface area contributed by atoms with Gasteiger partial charge in [-0.05, 0) is 18.2 Å². The summed E-state index contributed by atoms with van der Waals surface area (Å²) >= 11 is 0. The molecule has 0 aliphatic carbocycles. The van der Waals surface area contributed by atoms with Gasteiger partial charge in [-0.15, -0.1) is 0 Å². The summed E-state index contributed by atoms with van der Waals surface area (Å²) in [6.45, 7) is 0. The zero-order chi connectivity index (χ0) is 18.4. The Morgan fingerprint density at radius 1 is 1.19 bits per heavy atom. The number of aromatic hydroxyl groups is 1. The van der Waals surface area contributed by atoms with E-state index in [1.54, 1.807) is 25.2 Å². The third kappa shape index (κ3) is 2.07. The number of aromatic nitrogens is 1. The fraction of sp³-hybridized carbons (Fsp3) is 0.100. The first kappa shape index (κ1) is 15.8. The fourth-order valence-corrected chi connectivity index (χ4v) is 3.47. The molecule has 0 amide bonds. The van der Waals surface area contributed by atoms with E-state index in [9.17, 15) is 15.2 Å². The van der Waals surface area contributed by atoms with Crippen LogP contribution in [0.5, 0.6) is 11.5 Å². The number of para-hydroxylation sites is 2. The Hall–Kier alpha value is -3.72. The maximum absolute atomic E-state index is 13.1. The molecule has 0 radical (unpaired) electrons. The average molecular weight is 345 g/mol. The standard InChI is InChI=1S/C20H15N3O3/c1-23-14-8-4-2-6-11(14)18-17(20(23)25)16(13(10-21)19(22)26-18)12-7-3-5-9-15(12)24/h2-9,16,24H,22H2,1H3. The van der Waals surface area contributed by atoms with Gasteiger partial charge in [0, 0.05) is 18.0 Å². The fourth-order valence-electron chi connectivity index (χ4n) is 3.47. The molecule has 26 heavy (non-hydrogen) atoms. The smallest absolute Gasteiger partial charge is 0.258 e. The largest absolute Gasteiger partial charge is 0.508 e. The minimum Gasteiger partial charge on any atom is -0.508 e. The third-order valence-electron chi connectivity index (χ3n) is 4.71. The van der Waals surface area contributed by atoms with E-state index >= 15 is 0 Å². The van der Waals surface area contributed by atoms with Crippen molar-refractivity contribution < 1.29 is 9.84 Å². The first-order valence-electron chi connectivity index (χ1n) is 8.01. The number of hydrogen-bond donors (Lipinski definition) is 2. The molecule has 4 rings (SSSR count). The molecule has 1 unspecified atom stereocenters. The molecule has 0 saturated carbocycles. The first-order chi connectivity index (χ1) is 12.5. The molecule has 0 bridgehead atoms. The lowest BCUT2D eigenvalue weighted by atomic mass is 9.83. The molecule has 0 saturated heterocycles. The zero-order valence-corrected chi connectivity index (χ0v) is 13.9. The second-order valence-corrected chi connectivity index (χ2v) is 6.11. The quantitative estimate of drug-likeness (QED) is 0.705. The predicted octanol–water partition coefficient (Wildman–Crippen LogP) is 2.46. The van der Waals surface area contributed by atoms with E-state index in [4.69, 9.17) is 10.5 Å². The van der Waals surface area contributed by atoms with Crippen LogP contribution < -0.4 is 16.0 Å². The second kappa shape index (κ2) is 5.67. The summed E-state index contributed by atoms with van der Waals surface area (Å²) in [5, 5.41) is 20.7. The predicted molar refractivity (Wildman–Crippen MR) is 96.6 cm³/mol. The Bertz CT molecular complexity index is 1190. The summed E-state index contributed by atoms with van der Waals surface area (Å²) in [5.74, 6) is -0.547. The van der Waals surface area contributed by atoms with Crippen molar-refractivity contribution in [2.45, 2.75) is 5.92 Å². The van der Waals surface area contributed by atoms with Crippen molar-refractivity contribution in [2.24, 2.45) is 12.8 Å². The maximum atomic E-state index is 13.1. The average Bonchev–Trinajstić information content (AvgIpc) is 2.65. The van der Waals surface area contributed by atoms with Gasteiger partial charge in [-0.1, -0.05) is 30.3 Å². The van der Waals surface area contributed by atoms with Crippen LogP contribution in [0.25, 0.3) is 10.9 Å². The van der Waals surface area contributed by atoms with E-state index in [0.29, 0.717) is 27.8 Å². The van der Waals surface area contributed by atoms with Gasteiger partial charge in [0.2, 0.25) is 5.88 Å². The summed E-state index contributed by atoms with van der Waals surface area (Å²) in [7, 11) is 1.67. The van der Waals surface area contributed by atoms with Crippen LogP contribution in [0.1, 0.15) is 17.0 Å². The molecule has 3 aromatic rings. The molecule has 6 heteroatoms. The number of allylic oxidation sites excluding steroid dienone is 1. The number of nitrogens with zero attached hydrogens (tertiary/aromatic N) is 2. The molecule has 1 aliphatic heterocycles. The number of phenolic OH excluding ortho intramolecular Hbond substituents is 1. The third-order valence-corrected chi connectivity index (χ3v) is 4.71. The Morgan fingerprint density at radius 3 is 2.62 bits per heavy atom. The lowest BCUT2D eigenvalue weighted by molar-refractivity contribution is 0.393. The van der Waals surface area contributed by atoms with Gasteiger partial charge in [0.05, 0.1) is 17.0 Å². The summed E-state index contributed by atoms with van der Waals surface area (Å²) < 4.78 is 7.23. The molecule has 0 spiro atoms. The highest BCUT2D eigenvalue weighted by Crippen LogP contribution is 2.45. The normalized spacial score (nSPS) is 16.1. The number of benzene rings is 2. The molecule has 2 heterocycles. The topological polar surface area (TPSA) is 101 Å². The van der Waals surface area contributed by atoms with Crippen LogP contribution in [0.2, 0.25) is 0 Å². The van der Waals surface area contributed by atoms with Gasteiger partial charge < -0.3 is 20.1 Å². The minimum absolute atomic E-state index is 0.0129. The SMILES string of the molecule is Cn1c(=O)c2c(c3ccccc31)OC(N)=C(C#N)C2c1ccccc1O. The summed E-state index contributed by atoms with van der Waals surface area (Å²) in [4.78, 5) is 13.1. The number of nitrogens with two attached hydrogens (primary N) is 1. The molecular formula is C20H15N3O3. The monoisotopic (exact) mass is 345 g/mol. The minimum atomic E-state index is -0.798. The Balaban J connectivity index is 2.16. The van der Waals surface area contributed by atoms with Crippen LogP contribution in [0.3, 0.4) is 0 Å². The van der Waals surface area contributed by atoms with E-state index in [1.165, 1.54) is 10.6 Å². The van der Waals surface area contributed by atoms with Crippen molar-refractivity contribution in [2.75, 3.05) is 0 Å². The van der Waals surface area contributed by atoms with Gasteiger partial charge in [0.1, 0.15) is 23.1 Å². The van der Waals surface area contributed by atoms with Gasteiger partial charge >= 0.3 is 0 Å². The van der Waals surface area contributed by atoms with Crippen LogP contribution in [-0.2, 0) is 7.05 Å². The molecule has 1 aromatic heterocycles. The van der Waals surface area contributed by atoms with E-state index in [-0.39, 0.29) is 22.8 Å². The second-order valence-electron chi connectivity index (χ2n) is 6.11. The van der Waals surface area contributed by atoms with Gasteiger partial charge in [-0.2, -0.15) is 5.26 Å². The number of hydrogen-bond acceptors (Lipinski definition) is 5. The Kier molecular flexibility index (Phi) is 3.44. The number of nitriles is 1. The van der Waals surface area contributed by atoms with Crippen LogP contribution in [0.15, 0.2) is 64.8 Å². The number of aryl methyl sites for hydroxylation is 1. The first-order valence-corrected chi connectivity index (χ1v) is 8.01. The molecular weight excluding hydrogens is 330 g/mol. The Labute approximate surface area is 149 Å². The number of rotatable bonds is 1. The van der Waals surface area contributed by atoms with Crippen molar-refractivity contribution in [1.82, 2.24) is 4.57 Å². The van der Waals surface area contributed by atoms with Gasteiger partial charge in [0.25, 0.3) is 5.56 Å². The lowest BCUT2D eigenvalue weighted by Gasteiger charge is -2.27. The van der Waals surface area contributed by atoms with E-state index < -0.39 is 5.92 Å². The van der Waals surface area contributed by atoms with Crippen molar-refractivity contribution in [3.05, 3.63) is 81.5 Å². The van der Waals surface area contributed by atoms with Crippen LogP contribution in [0.4, 0.5) is 0 Å². The molecule has 2 aromatic carbocycles. The van der Waals surface area contributed by atoms with E-state index in [2.05, 4.69) is 0 Å². The highest BCUT2D eigenvalue weighted by atomic mass is 16.5. The molecule has 1 aliphatic rings. The van der Waals surface area contributed by atoms with Crippen molar-refractivity contribution >= 4 is 10.9 Å². The number of ether oxygens (including phenoxy) is 1. The highest BCUT2D eigenvalue weighted by Gasteiger charge is 2.36. The van der Waals surface area contributed by atoms with Crippen molar-refractivity contribution in [1.29, 1.82) is 5.26 Å². The zero-order valence-electron chi connectivity index (χ0n) is 13.9. The molecule has 6 nitrogen and oxygen atoms in total. The number of pyridine rings is 1. The van der Waals surface area contributed by atoms with Gasteiger partial charge in [-0.25, -0.2) is 0 Å². The maximum Gasteiger partial charge on any atom is 0.258 e. The van der Waals surface area contributed by atoms with Gasteiger partial charge in [-0.3, -0.25) is 4.79 Å². The van der Waals surface area contributed by atoms with Crippen molar-refractivity contribution in [3.63, 3.8) is 0 Å². The molecule has 0 fully saturated rings. The van der Waals surface area contributed by atoms with Gasteiger partial charge in [0.15, 0.2) is 0 Å². The van der Waals surface area contributed by atoms with E-state index in [1.807, 2.05) is 30.3 Å². The number of phenols is 1. The van der Waals surface area contributed by atoms with Crippen LogP contribution in [0, 0.1) is 11.3 Å². The van der Waals surface area contributed by atoms with Crippen LogP contribution >= 0.6 is 0 Å².